The van der Waals surface area contributed by atoms with Crippen LogP contribution in [0.3, 0.4) is 0 Å². The van der Waals surface area contributed by atoms with Crippen LogP contribution in [0.2, 0.25) is 5.02 Å². The summed E-state index contributed by atoms with van der Waals surface area (Å²) in [6.07, 6.45) is 3.91. The van der Waals surface area contributed by atoms with Gasteiger partial charge in [0.15, 0.2) is 0 Å². The van der Waals surface area contributed by atoms with E-state index < -0.39 is 0 Å². The zero-order valence-corrected chi connectivity index (χ0v) is 9.75. The van der Waals surface area contributed by atoms with Crippen molar-refractivity contribution in [1.82, 2.24) is 0 Å². The lowest BCUT2D eigenvalue weighted by atomic mass is 10.1. The maximum absolute atomic E-state index is 6.07. The Morgan fingerprint density at radius 3 is 2.83 bits per heavy atom. The van der Waals surface area contributed by atoms with E-state index in [4.69, 9.17) is 11.6 Å². The van der Waals surface area contributed by atoms with Crippen LogP contribution in [0.1, 0.15) is 30.1 Å². The third kappa shape index (κ3) is 1.57. The summed E-state index contributed by atoms with van der Waals surface area (Å²) in [6.45, 7) is 0. The summed E-state index contributed by atoms with van der Waals surface area (Å²) < 4.78 is 0. The highest BCUT2D eigenvalue weighted by Gasteiger charge is 2.28. The Kier molecular flexibility index (Phi) is 2.78. The van der Waals surface area contributed by atoms with Gasteiger partial charge in [-0.15, -0.1) is 11.3 Å². The van der Waals surface area contributed by atoms with Gasteiger partial charge in [0.05, 0.1) is 5.02 Å². The van der Waals surface area contributed by atoms with Crippen molar-refractivity contribution in [2.24, 2.45) is 0 Å². The fourth-order valence-corrected chi connectivity index (χ4v) is 4.21. The Morgan fingerprint density at radius 1 is 1.50 bits per heavy atom. The Labute approximate surface area is 90.1 Å². The summed E-state index contributed by atoms with van der Waals surface area (Å²) in [5.74, 6) is 0.664. The van der Waals surface area contributed by atoms with Crippen LogP contribution in [-0.4, -0.2) is 4.83 Å². The molecule has 0 N–H and O–H groups in total. The van der Waals surface area contributed by atoms with Gasteiger partial charge >= 0.3 is 0 Å². The van der Waals surface area contributed by atoms with Crippen molar-refractivity contribution in [2.45, 2.75) is 30.0 Å². The van der Waals surface area contributed by atoms with E-state index >= 15 is 0 Å². The minimum Gasteiger partial charge on any atom is -0.147 e. The van der Waals surface area contributed by atoms with Crippen molar-refractivity contribution in [3.05, 3.63) is 21.3 Å². The molecule has 1 heterocycles. The van der Waals surface area contributed by atoms with E-state index in [0.717, 1.165) is 5.02 Å². The molecule has 2 atom stereocenters. The van der Waals surface area contributed by atoms with Crippen LogP contribution in [0.25, 0.3) is 0 Å². The predicted molar refractivity (Wildman–Crippen MR) is 58.6 cm³/mol. The van der Waals surface area contributed by atoms with E-state index in [1.54, 1.807) is 11.3 Å². The average molecular weight is 266 g/mol. The summed E-state index contributed by atoms with van der Waals surface area (Å²) >= 11 is 11.6. The van der Waals surface area contributed by atoms with Crippen molar-refractivity contribution >= 4 is 38.9 Å². The van der Waals surface area contributed by atoms with E-state index in [1.807, 2.05) is 6.07 Å². The van der Waals surface area contributed by atoms with Crippen molar-refractivity contribution in [3.63, 3.8) is 0 Å². The lowest BCUT2D eigenvalue weighted by Gasteiger charge is -2.11. The van der Waals surface area contributed by atoms with Crippen LogP contribution in [0, 0.1) is 0 Å². The van der Waals surface area contributed by atoms with Crippen molar-refractivity contribution in [2.75, 3.05) is 0 Å². The third-order valence-corrected chi connectivity index (χ3v) is 5.00. The molecule has 1 aliphatic carbocycles. The zero-order chi connectivity index (χ0) is 8.55. The Bertz CT molecular complexity index is 271. The fraction of sp³-hybridized carbons (Fsp3) is 0.556. The van der Waals surface area contributed by atoms with Gasteiger partial charge in [0.1, 0.15) is 0 Å². The molecule has 1 saturated carbocycles. The molecule has 0 spiro atoms. The second-order valence-electron chi connectivity index (χ2n) is 3.19. The second kappa shape index (κ2) is 3.69. The van der Waals surface area contributed by atoms with Crippen molar-refractivity contribution < 1.29 is 0 Å². The third-order valence-electron chi connectivity index (χ3n) is 2.41. The predicted octanol–water partition coefficient (Wildman–Crippen LogP) is 4.43. The maximum atomic E-state index is 6.07. The number of thiophene rings is 1. The molecule has 0 saturated heterocycles. The Morgan fingerprint density at radius 2 is 2.33 bits per heavy atom. The SMILES string of the molecule is Clc1ccsc1C1CCCC1Br. The van der Waals surface area contributed by atoms with Crippen LogP contribution in [0.5, 0.6) is 0 Å². The number of halogens is 2. The van der Waals surface area contributed by atoms with Crippen molar-refractivity contribution in [1.29, 1.82) is 0 Å². The quantitative estimate of drug-likeness (QED) is 0.659. The number of hydrogen-bond donors (Lipinski definition) is 0. The summed E-state index contributed by atoms with van der Waals surface area (Å²) in [7, 11) is 0. The molecule has 0 radical (unpaired) electrons. The molecule has 3 heteroatoms. The summed E-state index contributed by atoms with van der Waals surface area (Å²) in [4.78, 5) is 2.02. The fourth-order valence-electron chi connectivity index (χ4n) is 1.78. The smallest absolute Gasteiger partial charge is 0.0548 e. The molecule has 0 amide bonds. The molecule has 1 aromatic rings. The summed E-state index contributed by atoms with van der Waals surface area (Å²) in [5.41, 5.74) is 0. The van der Waals surface area contributed by atoms with Gasteiger partial charge in [-0.3, -0.25) is 0 Å². The molecular weight excluding hydrogens is 256 g/mol. The minimum atomic E-state index is 0.647. The van der Waals surface area contributed by atoms with E-state index in [9.17, 15) is 0 Å². The van der Waals surface area contributed by atoms with Gasteiger partial charge in [-0.2, -0.15) is 0 Å². The molecule has 0 aliphatic heterocycles. The molecule has 2 rings (SSSR count). The largest absolute Gasteiger partial charge is 0.147 e. The first-order chi connectivity index (χ1) is 5.79. The standard InChI is InChI=1S/C9H10BrClS/c10-7-3-1-2-6(7)9-8(11)4-5-12-9/h4-7H,1-3H2. The monoisotopic (exact) mass is 264 g/mol. The average Bonchev–Trinajstić information content (AvgIpc) is 2.59. The van der Waals surface area contributed by atoms with Crippen LogP contribution >= 0.6 is 38.9 Å². The summed E-state index contributed by atoms with van der Waals surface area (Å²) in [6, 6.07) is 2.00. The molecule has 2 unspecified atom stereocenters. The molecule has 1 aromatic heterocycles. The van der Waals surface area contributed by atoms with Crippen LogP contribution in [0.15, 0.2) is 11.4 Å². The van der Waals surface area contributed by atoms with Gasteiger partial charge in [0.2, 0.25) is 0 Å². The highest BCUT2D eigenvalue weighted by Crippen LogP contribution is 2.43. The van der Waals surface area contributed by atoms with Gasteiger partial charge in [0.25, 0.3) is 0 Å². The molecule has 1 fully saturated rings. The van der Waals surface area contributed by atoms with Gasteiger partial charge in [-0.05, 0) is 24.3 Å². The number of rotatable bonds is 1. The van der Waals surface area contributed by atoms with Gasteiger partial charge in [-0.25, -0.2) is 0 Å². The lowest BCUT2D eigenvalue weighted by Crippen LogP contribution is -2.02. The lowest BCUT2D eigenvalue weighted by molar-refractivity contribution is 0.758. The van der Waals surface area contributed by atoms with E-state index in [0.29, 0.717) is 10.7 Å². The molecular formula is C9H10BrClS. The van der Waals surface area contributed by atoms with E-state index in [1.165, 1.54) is 24.1 Å². The topological polar surface area (TPSA) is 0 Å². The van der Waals surface area contributed by atoms with Gasteiger partial charge in [-0.1, -0.05) is 34.0 Å². The first-order valence-corrected chi connectivity index (χ1v) is 6.33. The van der Waals surface area contributed by atoms with Gasteiger partial charge < -0.3 is 0 Å². The van der Waals surface area contributed by atoms with Crippen LogP contribution in [0.4, 0.5) is 0 Å². The molecule has 1 aliphatic rings. The molecule has 66 valence electrons. The molecule has 0 nitrogen and oxygen atoms in total. The normalized spacial score (nSPS) is 29.5. The highest BCUT2D eigenvalue weighted by molar-refractivity contribution is 9.09. The van der Waals surface area contributed by atoms with E-state index in [2.05, 4.69) is 21.3 Å². The maximum Gasteiger partial charge on any atom is 0.0548 e. The van der Waals surface area contributed by atoms with E-state index in [-0.39, 0.29) is 0 Å². The summed E-state index contributed by atoms with van der Waals surface area (Å²) in [5, 5.41) is 3.03. The molecule has 0 aromatic carbocycles. The Hall–Kier alpha value is 0.470. The molecule has 0 bridgehead atoms. The van der Waals surface area contributed by atoms with Crippen molar-refractivity contribution in [3.8, 4) is 0 Å². The van der Waals surface area contributed by atoms with Gasteiger partial charge in [0, 0.05) is 15.6 Å². The zero-order valence-electron chi connectivity index (χ0n) is 6.59. The number of hydrogen-bond acceptors (Lipinski definition) is 1. The van der Waals surface area contributed by atoms with Crippen LogP contribution in [-0.2, 0) is 0 Å². The minimum absolute atomic E-state index is 0.647. The molecule has 12 heavy (non-hydrogen) atoms. The first-order valence-electron chi connectivity index (χ1n) is 4.16. The highest BCUT2D eigenvalue weighted by atomic mass is 79.9. The van der Waals surface area contributed by atoms with Crippen LogP contribution < -0.4 is 0 Å². The Balaban J connectivity index is 2.24. The first kappa shape index (κ1) is 9.04. The number of alkyl halides is 1. The second-order valence-corrected chi connectivity index (χ2v) is 5.72.